The number of amides is 5. The maximum absolute atomic E-state index is 14.2. The molecule has 0 bridgehead atoms. The molecular formula is C39H66N12O8. The van der Waals surface area contributed by atoms with Gasteiger partial charge < -0.3 is 65.0 Å². The number of phenolic OH excluding ortho intramolecular Hbond substituents is 1. The van der Waals surface area contributed by atoms with Gasteiger partial charge in [0.2, 0.25) is 29.5 Å². The van der Waals surface area contributed by atoms with E-state index in [1.165, 1.54) is 17.0 Å². The molecule has 0 aromatic heterocycles. The average Bonchev–Trinajstić information content (AvgIpc) is 3.67. The van der Waals surface area contributed by atoms with E-state index in [1.807, 2.05) is 20.8 Å². The summed E-state index contributed by atoms with van der Waals surface area (Å²) in [5, 5.41) is 30.5. The fraction of sp³-hybridized carbons (Fsp3) is 0.641. The zero-order chi connectivity index (χ0) is 44.2. The second kappa shape index (κ2) is 25.0. The summed E-state index contributed by atoms with van der Waals surface area (Å²) in [6.45, 7) is 8.00. The van der Waals surface area contributed by atoms with E-state index >= 15 is 0 Å². The van der Waals surface area contributed by atoms with Gasteiger partial charge >= 0.3 is 5.97 Å². The van der Waals surface area contributed by atoms with Crippen LogP contribution in [0.1, 0.15) is 91.0 Å². The van der Waals surface area contributed by atoms with Gasteiger partial charge in [-0.15, -0.1) is 0 Å². The van der Waals surface area contributed by atoms with Crippen LogP contribution in [0.4, 0.5) is 0 Å². The number of unbranched alkanes of at least 4 members (excludes halogenated alkanes) is 1. The Morgan fingerprint density at radius 2 is 1.41 bits per heavy atom. The SMILES string of the molecule is CC[C@H](C)[C@H](NC(=O)[C@H](Cc1ccc(O)cc1)NC(=O)[C@@H]1CCCN1C(=O)[C@H](CCCCN=C(N)N)NC(=O)[C@@H](N)CCCN=C(N)N)C(=O)N[C@@H](CC(C)C)C(=O)O. The number of hydrogen-bond donors (Lipinski definition) is 11. The van der Waals surface area contributed by atoms with Gasteiger partial charge in [0.15, 0.2) is 11.9 Å². The number of aromatic hydroxyl groups is 1. The van der Waals surface area contributed by atoms with Crippen molar-refractivity contribution in [2.75, 3.05) is 19.6 Å². The number of nitrogens with one attached hydrogen (secondary N) is 4. The number of phenols is 1. The highest BCUT2D eigenvalue weighted by atomic mass is 16.4. The van der Waals surface area contributed by atoms with Crippen LogP contribution in [0.25, 0.3) is 0 Å². The molecule has 0 radical (unpaired) electrons. The molecule has 0 spiro atoms. The summed E-state index contributed by atoms with van der Waals surface area (Å²) in [6.07, 6.45) is 3.13. The third kappa shape index (κ3) is 17.4. The summed E-state index contributed by atoms with van der Waals surface area (Å²) < 4.78 is 0. The largest absolute Gasteiger partial charge is 0.508 e. The summed E-state index contributed by atoms with van der Waals surface area (Å²) in [4.78, 5) is 90.3. The molecule has 0 unspecified atom stereocenters. The number of carbonyl (C=O) groups is 6. The molecule has 20 nitrogen and oxygen atoms in total. The lowest BCUT2D eigenvalue weighted by Gasteiger charge is -2.31. The van der Waals surface area contributed by atoms with Crippen molar-refractivity contribution in [2.45, 2.75) is 128 Å². The Morgan fingerprint density at radius 3 is 1.98 bits per heavy atom. The maximum Gasteiger partial charge on any atom is 0.326 e. The third-order valence-electron chi connectivity index (χ3n) is 10.1. The highest BCUT2D eigenvalue weighted by Gasteiger charge is 2.40. The minimum Gasteiger partial charge on any atom is -0.508 e. The molecule has 16 N–H and O–H groups in total. The lowest BCUT2D eigenvalue weighted by molar-refractivity contribution is -0.143. The number of carboxylic acid groups (broad SMARTS) is 1. The predicted molar refractivity (Wildman–Crippen MR) is 223 cm³/mol. The van der Waals surface area contributed by atoms with Crippen molar-refractivity contribution in [3.8, 4) is 5.75 Å². The van der Waals surface area contributed by atoms with Crippen LogP contribution in [0.3, 0.4) is 0 Å². The third-order valence-corrected chi connectivity index (χ3v) is 10.1. The molecule has 2 rings (SSSR count). The molecule has 5 amide bonds. The van der Waals surface area contributed by atoms with Gasteiger partial charge in [-0.3, -0.25) is 34.0 Å². The van der Waals surface area contributed by atoms with Gasteiger partial charge in [0.1, 0.15) is 36.0 Å². The fourth-order valence-corrected chi connectivity index (χ4v) is 6.61. The van der Waals surface area contributed by atoms with E-state index in [-0.39, 0.29) is 68.8 Å². The van der Waals surface area contributed by atoms with Crippen LogP contribution in [0.2, 0.25) is 0 Å². The first-order valence-electron chi connectivity index (χ1n) is 20.2. The number of likely N-dealkylation sites (tertiary alicyclic amines) is 1. The van der Waals surface area contributed by atoms with Crippen molar-refractivity contribution in [1.82, 2.24) is 26.2 Å². The number of guanidine groups is 2. The smallest absolute Gasteiger partial charge is 0.326 e. The van der Waals surface area contributed by atoms with Gasteiger partial charge in [0.25, 0.3) is 0 Å². The lowest BCUT2D eigenvalue weighted by Crippen LogP contribution is -2.60. The first kappa shape index (κ1) is 49.5. The van der Waals surface area contributed by atoms with E-state index in [4.69, 9.17) is 28.7 Å². The number of hydrogen-bond acceptors (Lipinski definition) is 10. The molecule has 1 aliphatic rings. The van der Waals surface area contributed by atoms with Crippen LogP contribution in [0.15, 0.2) is 34.3 Å². The maximum atomic E-state index is 14.2. The van der Waals surface area contributed by atoms with Crippen molar-refractivity contribution >= 4 is 47.4 Å². The first-order chi connectivity index (χ1) is 27.8. The molecule has 1 saturated heterocycles. The minimum absolute atomic E-state index is 0.00781. The molecule has 1 aromatic rings. The Morgan fingerprint density at radius 1 is 0.797 bits per heavy atom. The molecule has 330 valence electrons. The average molecular weight is 831 g/mol. The summed E-state index contributed by atoms with van der Waals surface area (Å²) in [5.74, 6) is -4.92. The van der Waals surface area contributed by atoms with Gasteiger partial charge in [0, 0.05) is 26.1 Å². The predicted octanol–water partition coefficient (Wildman–Crippen LogP) is -1.13. The second-order valence-corrected chi connectivity index (χ2v) is 15.4. The number of nitrogens with two attached hydrogens (primary N) is 5. The van der Waals surface area contributed by atoms with E-state index in [2.05, 4.69) is 31.3 Å². The van der Waals surface area contributed by atoms with Crippen LogP contribution in [-0.4, -0.2) is 118 Å². The van der Waals surface area contributed by atoms with Crippen LogP contribution >= 0.6 is 0 Å². The Bertz CT molecular complexity index is 1610. The first-order valence-corrected chi connectivity index (χ1v) is 20.2. The quantitative estimate of drug-likeness (QED) is 0.0316. The van der Waals surface area contributed by atoms with Gasteiger partial charge in [-0.1, -0.05) is 46.2 Å². The fourth-order valence-electron chi connectivity index (χ4n) is 6.61. The van der Waals surface area contributed by atoms with Crippen LogP contribution in [-0.2, 0) is 35.2 Å². The molecule has 1 aliphatic heterocycles. The Hall–Kier alpha value is -5.66. The van der Waals surface area contributed by atoms with E-state index in [1.54, 1.807) is 19.1 Å². The lowest BCUT2D eigenvalue weighted by atomic mass is 9.96. The second-order valence-electron chi connectivity index (χ2n) is 15.4. The Labute approximate surface area is 345 Å². The minimum atomic E-state index is -1.25. The monoisotopic (exact) mass is 831 g/mol. The number of aliphatic carboxylic acids is 1. The molecular weight excluding hydrogens is 765 g/mol. The van der Waals surface area contributed by atoms with Crippen molar-refractivity contribution in [2.24, 2.45) is 50.5 Å². The zero-order valence-electron chi connectivity index (χ0n) is 34.7. The molecule has 0 aliphatic carbocycles. The summed E-state index contributed by atoms with van der Waals surface area (Å²) in [7, 11) is 0. The van der Waals surface area contributed by atoms with Crippen LogP contribution in [0, 0.1) is 11.8 Å². The number of rotatable bonds is 25. The standard InChI is InChI=1S/C39H66N12O8/c1-5-23(4)31(35(56)49-29(37(58)59)20-22(2)3)50-33(54)28(21-24-13-15-25(52)16-14-24)48-34(55)30-12-9-19-51(30)36(57)27(11-6-7-17-45-38(41)42)47-32(53)26(40)10-8-18-46-39(43)44/h13-16,22-23,26-31,52H,5-12,17-21,40H2,1-4H3,(H,47,53)(H,48,55)(H,49,56)(H,50,54)(H,58,59)(H4,41,42,45)(H4,43,44,46)/t23-,26-,27-,28-,29-,30-,31-/m0/s1. The molecule has 1 fully saturated rings. The molecule has 20 heteroatoms. The number of benzene rings is 1. The number of aliphatic imine (C=N–C) groups is 2. The summed E-state index contributed by atoms with van der Waals surface area (Å²) >= 11 is 0. The van der Waals surface area contributed by atoms with Crippen molar-refractivity contribution < 1.29 is 39.0 Å². The number of carbonyl (C=O) groups excluding carboxylic acids is 5. The van der Waals surface area contributed by atoms with Gasteiger partial charge in [-0.25, -0.2) is 4.79 Å². The molecule has 1 heterocycles. The van der Waals surface area contributed by atoms with E-state index in [9.17, 15) is 39.0 Å². The van der Waals surface area contributed by atoms with Crippen molar-refractivity contribution in [3.05, 3.63) is 29.8 Å². The van der Waals surface area contributed by atoms with Crippen molar-refractivity contribution in [1.29, 1.82) is 0 Å². The van der Waals surface area contributed by atoms with Gasteiger partial charge in [0.05, 0.1) is 6.04 Å². The zero-order valence-corrected chi connectivity index (χ0v) is 34.7. The topological polar surface area (TPSA) is 349 Å². The van der Waals surface area contributed by atoms with E-state index in [0.29, 0.717) is 44.2 Å². The highest BCUT2D eigenvalue weighted by molar-refractivity contribution is 5.96. The highest BCUT2D eigenvalue weighted by Crippen LogP contribution is 2.21. The van der Waals surface area contributed by atoms with Crippen molar-refractivity contribution in [3.63, 3.8) is 0 Å². The number of nitrogens with zero attached hydrogens (tertiary/aromatic N) is 3. The molecule has 1 aromatic carbocycles. The summed E-state index contributed by atoms with van der Waals surface area (Å²) in [5.41, 5.74) is 28.3. The normalized spacial score (nSPS) is 16.7. The van der Waals surface area contributed by atoms with E-state index in [0.717, 1.165) is 0 Å². The molecule has 59 heavy (non-hydrogen) atoms. The number of carboxylic acids is 1. The van der Waals surface area contributed by atoms with Gasteiger partial charge in [-0.2, -0.15) is 0 Å². The summed E-state index contributed by atoms with van der Waals surface area (Å²) in [6, 6.07) is -0.557. The van der Waals surface area contributed by atoms with Crippen LogP contribution in [0.5, 0.6) is 5.75 Å². The van der Waals surface area contributed by atoms with Gasteiger partial charge in [-0.05, 0) is 80.9 Å². The Kier molecular flexibility index (Phi) is 20.9. The Balaban J connectivity index is 2.36. The van der Waals surface area contributed by atoms with E-state index < -0.39 is 77.7 Å². The van der Waals surface area contributed by atoms with Crippen LogP contribution < -0.4 is 49.9 Å². The molecule has 0 saturated carbocycles. The molecule has 7 atom stereocenters.